The molecule has 0 aromatic carbocycles. The number of carboxylic acids is 2. The molecule has 0 saturated carbocycles. The van der Waals surface area contributed by atoms with Crippen LogP contribution in [0.4, 0.5) is 0 Å². The van der Waals surface area contributed by atoms with Crippen molar-refractivity contribution in [3.63, 3.8) is 0 Å². The Morgan fingerprint density at radius 1 is 0.763 bits per heavy atom. The van der Waals surface area contributed by atoms with Gasteiger partial charge in [-0.15, -0.1) is 0 Å². The largest absolute Gasteiger partial charge is 0.480 e. The van der Waals surface area contributed by atoms with Gasteiger partial charge in [0.15, 0.2) is 0 Å². The van der Waals surface area contributed by atoms with Crippen molar-refractivity contribution in [1.82, 2.24) is 20.0 Å². The van der Waals surface area contributed by atoms with E-state index in [1.54, 1.807) is 27.7 Å². The van der Waals surface area contributed by atoms with E-state index < -0.39 is 64.3 Å². The monoisotopic (exact) mass is 576 g/mol. The summed E-state index contributed by atoms with van der Waals surface area (Å²) >= 11 is 0. The lowest BCUT2D eigenvalue weighted by Crippen LogP contribution is -2.83. The third-order valence-corrected chi connectivity index (χ3v) is 7.38. The fourth-order valence-corrected chi connectivity index (χ4v) is 5.12. The molecule has 2 aliphatic rings. The maximum absolute atomic E-state index is 11.9. The van der Waals surface area contributed by atoms with E-state index in [4.69, 9.17) is 10.2 Å². The Hall–Kier alpha value is -2.98. The van der Waals surface area contributed by atoms with E-state index in [0.29, 0.717) is 0 Å². The molecule has 6 amide bonds. The molecule has 16 heteroatoms. The van der Waals surface area contributed by atoms with Gasteiger partial charge in [0.2, 0.25) is 0 Å². The summed E-state index contributed by atoms with van der Waals surface area (Å²) in [6.45, 7) is 13.7. The Morgan fingerprint density at radius 3 is 1.53 bits per heavy atom. The minimum atomic E-state index is -3.17. The molecule has 0 aromatic rings. The smallest absolute Gasteiger partial charge is 0.340 e. The first-order chi connectivity index (χ1) is 17.3. The number of carbonyl (C=O) groups is 8. The lowest BCUT2D eigenvalue weighted by molar-refractivity contribution is -0.196. The van der Waals surface area contributed by atoms with Crippen molar-refractivity contribution >= 4 is 64.8 Å². The molecular weight excluding hydrogens is 542 g/mol. The highest BCUT2D eigenvalue weighted by molar-refractivity contribution is 7.38. The summed E-state index contributed by atoms with van der Waals surface area (Å²) in [6.07, 6.45) is 0. The average Bonchev–Trinajstić information content (AvgIpc) is 2.75. The Balaban J connectivity index is 0.000000381. The lowest BCUT2D eigenvalue weighted by atomic mass is 9.70. The molecule has 2 fully saturated rings. The fourth-order valence-electron chi connectivity index (χ4n) is 3.43. The van der Waals surface area contributed by atoms with E-state index in [1.165, 1.54) is 13.8 Å². The van der Waals surface area contributed by atoms with Crippen molar-refractivity contribution in [3.8, 4) is 0 Å². The molecule has 4 N–H and O–H groups in total. The summed E-state index contributed by atoms with van der Waals surface area (Å²) in [5, 5.41) is 22.6. The molecule has 2 atom stereocenters. The molecule has 2 unspecified atom stereocenters. The standard InChI is InChI=1S/C11H19N2O6P.C11H15N2O4P/c1-5(2)12-7(14)11(9(16)17,10(18)19)8(15)13-20-6(3)4;1-5(2)12-7(14)11(8(12)15)9(16)13(10(11)17)18-6(3)4/h5-6,20H,1-4H3,(H,12,14)(H,13,15)(H,16,17)(H,18,19);5-6,18H,1-4H3. The molecule has 2 aliphatic heterocycles. The van der Waals surface area contributed by atoms with Crippen molar-refractivity contribution in [2.45, 2.75) is 78.8 Å². The van der Waals surface area contributed by atoms with Gasteiger partial charge in [-0.05, 0) is 56.5 Å². The van der Waals surface area contributed by atoms with Gasteiger partial charge in [0.1, 0.15) is 0 Å². The molecule has 212 valence electrons. The summed E-state index contributed by atoms with van der Waals surface area (Å²) in [5.74, 6) is -9.37. The van der Waals surface area contributed by atoms with Crippen LogP contribution in [-0.4, -0.2) is 90.6 Å². The highest BCUT2D eigenvalue weighted by atomic mass is 31.1. The number of carbonyl (C=O) groups excluding carboxylic acids is 6. The van der Waals surface area contributed by atoms with Gasteiger partial charge >= 0.3 is 17.4 Å². The van der Waals surface area contributed by atoms with Gasteiger partial charge in [-0.1, -0.05) is 27.7 Å². The molecule has 1 spiro atoms. The number of nitrogens with zero attached hydrogens (tertiary/aromatic N) is 2. The van der Waals surface area contributed by atoms with Crippen LogP contribution >= 0.6 is 17.5 Å². The van der Waals surface area contributed by atoms with Gasteiger partial charge in [0.05, 0.1) is 0 Å². The van der Waals surface area contributed by atoms with Crippen molar-refractivity contribution in [1.29, 1.82) is 0 Å². The van der Waals surface area contributed by atoms with Crippen LogP contribution in [0.2, 0.25) is 0 Å². The zero-order valence-electron chi connectivity index (χ0n) is 22.4. The molecule has 14 nitrogen and oxygen atoms in total. The molecule has 2 rings (SSSR count). The van der Waals surface area contributed by atoms with Crippen molar-refractivity contribution < 1.29 is 48.6 Å². The SMILES string of the molecule is CC(C)NC(=O)C(C(=O)O)(C(=O)O)C(=O)NPC(C)C.CC(C)PN1C(=O)C2(C1=O)C(=O)N(C(C)C)C2=O. The van der Waals surface area contributed by atoms with Gasteiger partial charge in [-0.25, -0.2) is 9.59 Å². The first-order valence-corrected chi connectivity index (χ1v) is 13.8. The molecule has 0 bridgehead atoms. The predicted octanol–water partition coefficient (Wildman–Crippen LogP) is -0.0946. The van der Waals surface area contributed by atoms with Gasteiger partial charge < -0.3 is 20.6 Å². The van der Waals surface area contributed by atoms with Gasteiger partial charge in [-0.3, -0.25) is 38.3 Å². The lowest BCUT2D eigenvalue weighted by Gasteiger charge is -2.53. The third-order valence-electron chi connectivity index (χ3n) is 5.25. The van der Waals surface area contributed by atoms with Gasteiger partial charge in [-0.2, -0.15) is 0 Å². The number of rotatable bonds is 10. The zero-order valence-corrected chi connectivity index (χ0v) is 24.4. The quantitative estimate of drug-likeness (QED) is 0.154. The van der Waals surface area contributed by atoms with Crippen LogP contribution in [0.5, 0.6) is 0 Å². The van der Waals surface area contributed by atoms with Crippen LogP contribution in [0.1, 0.15) is 55.4 Å². The average molecular weight is 576 g/mol. The van der Waals surface area contributed by atoms with Gasteiger partial charge in [0, 0.05) is 12.1 Å². The van der Waals surface area contributed by atoms with Crippen molar-refractivity contribution in [2.24, 2.45) is 10.8 Å². The Morgan fingerprint density at radius 2 is 1.21 bits per heavy atom. The second kappa shape index (κ2) is 12.3. The molecule has 0 aromatic heterocycles. The minimum absolute atomic E-state index is 0.00685. The van der Waals surface area contributed by atoms with E-state index in [1.807, 2.05) is 13.8 Å². The predicted molar refractivity (Wildman–Crippen MR) is 137 cm³/mol. The van der Waals surface area contributed by atoms with E-state index in [9.17, 15) is 38.4 Å². The maximum atomic E-state index is 11.9. The van der Waals surface area contributed by atoms with Crippen molar-refractivity contribution in [2.75, 3.05) is 0 Å². The number of carboxylic acid groups (broad SMARTS) is 2. The Labute approximate surface area is 223 Å². The Bertz CT molecular complexity index is 1010. The van der Waals surface area contributed by atoms with Gasteiger partial charge in [0.25, 0.3) is 40.9 Å². The number of β-lactam (4-membered cyclic amide) rings is 4. The number of amides is 6. The molecule has 38 heavy (non-hydrogen) atoms. The zero-order chi connectivity index (χ0) is 29.9. The molecule has 0 radical (unpaired) electrons. The topological polar surface area (TPSA) is 208 Å². The number of imide groups is 2. The van der Waals surface area contributed by atoms with E-state index >= 15 is 0 Å². The molecule has 0 aliphatic carbocycles. The van der Waals surface area contributed by atoms with Crippen LogP contribution < -0.4 is 10.4 Å². The number of aliphatic carboxylic acids is 2. The highest BCUT2D eigenvalue weighted by Gasteiger charge is 2.80. The van der Waals surface area contributed by atoms with Crippen molar-refractivity contribution in [3.05, 3.63) is 0 Å². The van der Waals surface area contributed by atoms with E-state index in [2.05, 4.69) is 10.4 Å². The van der Waals surface area contributed by atoms with Crippen LogP contribution in [0, 0.1) is 10.8 Å². The third kappa shape index (κ3) is 5.56. The van der Waals surface area contributed by atoms with Crippen LogP contribution in [0.3, 0.4) is 0 Å². The number of hydrogen-bond acceptors (Lipinski definition) is 8. The van der Waals surface area contributed by atoms with E-state index in [-0.39, 0.29) is 34.8 Å². The number of nitrogens with one attached hydrogen (secondary N) is 2. The maximum Gasteiger partial charge on any atom is 0.340 e. The Kier molecular flexibility index (Phi) is 10.7. The first kappa shape index (κ1) is 33.0. The van der Waals surface area contributed by atoms with Crippen LogP contribution in [-0.2, 0) is 38.4 Å². The summed E-state index contributed by atoms with van der Waals surface area (Å²) < 4.78 is 1.03. The van der Waals surface area contributed by atoms with E-state index in [0.717, 1.165) is 9.57 Å². The summed E-state index contributed by atoms with van der Waals surface area (Å²) in [6, 6.07) is -0.821. The number of hydrogen-bond donors (Lipinski definition) is 4. The second-order valence-corrected chi connectivity index (χ2v) is 13.3. The van der Waals surface area contributed by atoms with Crippen LogP contribution in [0.15, 0.2) is 0 Å². The summed E-state index contributed by atoms with van der Waals surface area (Å²) in [4.78, 5) is 95.1. The second-order valence-electron chi connectivity index (χ2n) is 9.80. The summed E-state index contributed by atoms with van der Waals surface area (Å²) in [5.41, 5.74) is -5.03. The summed E-state index contributed by atoms with van der Waals surface area (Å²) in [7, 11) is -0.199. The fraction of sp³-hybridized carbons (Fsp3) is 0.636. The molecule has 2 heterocycles. The number of likely N-dealkylation sites (tertiary alicyclic amines) is 1. The molecular formula is C22H34N4O10P2. The highest BCUT2D eigenvalue weighted by Crippen LogP contribution is 2.50. The van der Waals surface area contributed by atoms with Crippen LogP contribution in [0.25, 0.3) is 0 Å². The first-order valence-electron chi connectivity index (χ1n) is 11.7. The minimum Gasteiger partial charge on any atom is -0.480 e. The molecule has 2 saturated heterocycles. The normalized spacial score (nSPS) is 17.1.